The molecule has 16 heavy (non-hydrogen) atoms. The molecule has 0 spiro atoms. The minimum atomic E-state index is 0.547. The first-order chi connectivity index (χ1) is 7.57. The highest BCUT2D eigenvalue weighted by Gasteiger charge is 2.26. The Hall–Kier alpha value is -1.05. The maximum absolute atomic E-state index is 4.12. The normalized spacial score (nSPS) is 20.7. The quantitative estimate of drug-likeness (QED) is 0.817. The van der Waals surface area contributed by atoms with Gasteiger partial charge in [-0.05, 0) is 49.7 Å². The third-order valence-electron chi connectivity index (χ3n) is 3.72. The van der Waals surface area contributed by atoms with Gasteiger partial charge in [-0.25, -0.2) is 0 Å². The van der Waals surface area contributed by atoms with Crippen molar-refractivity contribution in [1.82, 2.24) is 4.98 Å². The number of aryl methyl sites for hydroxylation is 1. The van der Waals surface area contributed by atoms with Crippen LogP contribution in [0.1, 0.15) is 45.1 Å². The Kier molecular flexibility index (Phi) is 3.17. The van der Waals surface area contributed by atoms with Crippen molar-refractivity contribution < 1.29 is 0 Å². The molecule has 0 atom stereocenters. The Bertz CT molecular complexity index is 348. The molecule has 0 unspecified atom stereocenters. The lowest BCUT2D eigenvalue weighted by molar-refractivity contribution is 0.232. The second-order valence-corrected chi connectivity index (χ2v) is 5.77. The van der Waals surface area contributed by atoms with Crippen molar-refractivity contribution in [3.05, 3.63) is 24.0 Å². The molecule has 1 N–H and O–H groups in total. The number of anilines is 1. The van der Waals surface area contributed by atoms with Gasteiger partial charge in [-0.2, -0.15) is 0 Å². The maximum Gasteiger partial charge on any atom is 0.0402 e. The number of nitrogens with zero attached hydrogens (tertiary/aromatic N) is 1. The topological polar surface area (TPSA) is 24.9 Å². The highest BCUT2D eigenvalue weighted by atomic mass is 14.9. The monoisotopic (exact) mass is 218 g/mol. The molecule has 0 amide bonds. The van der Waals surface area contributed by atoms with Gasteiger partial charge < -0.3 is 5.32 Å². The summed E-state index contributed by atoms with van der Waals surface area (Å²) in [5.41, 5.74) is 3.04. The molecule has 0 radical (unpaired) electrons. The van der Waals surface area contributed by atoms with E-state index in [2.05, 4.69) is 37.1 Å². The van der Waals surface area contributed by atoms with Crippen molar-refractivity contribution in [1.29, 1.82) is 0 Å². The van der Waals surface area contributed by atoms with E-state index in [0.29, 0.717) is 11.5 Å². The smallest absolute Gasteiger partial charge is 0.0402 e. The first-order valence-corrected chi connectivity index (χ1v) is 6.24. The zero-order chi connectivity index (χ0) is 11.6. The van der Waals surface area contributed by atoms with Gasteiger partial charge in [0.15, 0.2) is 0 Å². The summed E-state index contributed by atoms with van der Waals surface area (Å²) in [6.07, 6.45) is 9.02. The number of pyridine rings is 1. The third-order valence-corrected chi connectivity index (χ3v) is 3.72. The minimum absolute atomic E-state index is 0.547. The van der Waals surface area contributed by atoms with Crippen LogP contribution in [0.25, 0.3) is 0 Å². The number of rotatable bonds is 2. The van der Waals surface area contributed by atoms with Gasteiger partial charge in [0.2, 0.25) is 0 Å². The van der Waals surface area contributed by atoms with Crippen molar-refractivity contribution in [3.63, 3.8) is 0 Å². The lowest BCUT2D eigenvalue weighted by atomic mass is 9.75. The van der Waals surface area contributed by atoms with E-state index >= 15 is 0 Å². The van der Waals surface area contributed by atoms with E-state index in [4.69, 9.17) is 0 Å². The fraction of sp³-hybridized carbons (Fsp3) is 0.643. The van der Waals surface area contributed by atoms with Crippen LogP contribution in [0.3, 0.4) is 0 Å². The predicted octanol–water partition coefficient (Wildman–Crippen LogP) is 3.77. The van der Waals surface area contributed by atoms with Crippen LogP contribution in [0, 0.1) is 12.3 Å². The summed E-state index contributed by atoms with van der Waals surface area (Å²) >= 11 is 0. The Morgan fingerprint density at radius 1 is 1.31 bits per heavy atom. The summed E-state index contributed by atoms with van der Waals surface area (Å²) < 4.78 is 0. The van der Waals surface area contributed by atoms with Crippen LogP contribution in [0.4, 0.5) is 5.69 Å². The van der Waals surface area contributed by atoms with Crippen molar-refractivity contribution in [2.24, 2.45) is 5.41 Å². The molecule has 1 heterocycles. The highest BCUT2D eigenvalue weighted by molar-refractivity contribution is 5.49. The van der Waals surface area contributed by atoms with Crippen LogP contribution in [0.5, 0.6) is 0 Å². The van der Waals surface area contributed by atoms with Crippen molar-refractivity contribution >= 4 is 5.69 Å². The van der Waals surface area contributed by atoms with Gasteiger partial charge >= 0.3 is 0 Å². The minimum Gasteiger partial charge on any atom is -0.382 e. The Labute approximate surface area is 98.5 Å². The first-order valence-electron chi connectivity index (χ1n) is 6.24. The summed E-state index contributed by atoms with van der Waals surface area (Å²) in [6, 6.07) is 2.73. The molecule has 1 aromatic heterocycles. The van der Waals surface area contributed by atoms with Gasteiger partial charge in [-0.15, -0.1) is 0 Å². The molecule has 2 nitrogen and oxygen atoms in total. The number of hydrogen-bond donors (Lipinski definition) is 1. The molecule has 1 aliphatic rings. The molecule has 1 aromatic rings. The van der Waals surface area contributed by atoms with E-state index < -0.39 is 0 Å². The molecule has 2 heteroatoms. The Morgan fingerprint density at radius 2 is 2.00 bits per heavy atom. The van der Waals surface area contributed by atoms with E-state index in [1.165, 1.54) is 36.9 Å². The zero-order valence-corrected chi connectivity index (χ0v) is 10.6. The fourth-order valence-corrected chi connectivity index (χ4v) is 2.40. The number of aromatic nitrogens is 1. The van der Waals surface area contributed by atoms with Gasteiger partial charge in [0.25, 0.3) is 0 Å². The predicted molar refractivity (Wildman–Crippen MR) is 68.6 cm³/mol. The van der Waals surface area contributed by atoms with Crippen LogP contribution in [0.15, 0.2) is 18.5 Å². The summed E-state index contributed by atoms with van der Waals surface area (Å²) in [6.45, 7) is 6.86. The van der Waals surface area contributed by atoms with E-state index in [1.807, 2.05) is 12.4 Å². The van der Waals surface area contributed by atoms with Gasteiger partial charge in [-0.1, -0.05) is 13.8 Å². The van der Waals surface area contributed by atoms with Crippen molar-refractivity contribution in [3.8, 4) is 0 Å². The van der Waals surface area contributed by atoms with Gasteiger partial charge in [0.1, 0.15) is 0 Å². The largest absolute Gasteiger partial charge is 0.382 e. The lowest BCUT2D eigenvalue weighted by Crippen LogP contribution is -2.30. The fourth-order valence-electron chi connectivity index (χ4n) is 2.40. The zero-order valence-electron chi connectivity index (χ0n) is 10.6. The average molecular weight is 218 g/mol. The maximum atomic E-state index is 4.12. The first kappa shape index (κ1) is 11.4. The van der Waals surface area contributed by atoms with Crippen molar-refractivity contribution in [2.75, 3.05) is 5.32 Å². The molecule has 1 fully saturated rings. The molecule has 0 saturated heterocycles. The van der Waals surface area contributed by atoms with Crippen LogP contribution in [-0.4, -0.2) is 11.0 Å². The Morgan fingerprint density at radius 3 is 2.62 bits per heavy atom. The standard InChI is InChI=1S/C14H22N2/c1-11-10-15-9-6-13(11)16-12-4-7-14(2,3)8-5-12/h6,9-10,12H,4-5,7-8H2,1-3H3,(H,15,16). The van der Waals surface area contributed by atoms with Crippen LogP contribution < -0.4 is 5.32 Å². The van der Waals surface area contributed by atoms with Gasteiger partial charge in [0, 0.05) is 24.1 Å². The van der Waals surface area contributed by atoms with E-state index in [1.54, 1.807) is 0 Å². The molecule has 1 aliphatic carbocycles. The SMILES string of the molecule is Cc1cnccc1NC1CCC(C)(C)CC1. The molecule has 0 aliphatic heterocycles. The summed E-state index contributed by atoms with van der Waals surface area (Å²) in [5.74, 6) is 0. The van der Waals surface area contributed by atoms with E-state index in [-0.39, 0.29) is 0 Å². The molecule has 0 aromatic carbocycles. The molecular weight excluding hydrogens is 196 g/mol. The second kappa shape index (κ2) is 4.44. The number of hydrogen-bond acceptors (Lipinski definition) is 2. The van der Waals surface area contributed by atoms with Crippen LogP contribution in [-0.2, 0) is 0 Å². The molecule has 0 bridgehead atoms. The second-order valence-electron chi connectivity index (χ2n) is 5.77. The van der Waals surface area contributed by atoms with E-state index in [0.717, 1.165) is 0 Å². The highest BCUT2D eigenvalue weighted by Crippen LogP contribution is 2.36. The third kappa shape index (κ3) is 2.75. The number of nitrogens with one attached hydrogen (secondary N) is 1. The molecule has 1 saturated carbocycles. The summed E-state index contributed by atoms with van der Waals surface area (Å²) in [7, 11) is 0. The molecule has 88 valence electrons. The summed E-state index contributed by atoms with van der Waals surface area (Å²) in [4.78, 5) is 4.12. The Balaban J connectivity index is 1.95. The summed E-state index contributed by atoms with van der Waals surface area (Å²) in [5, 5.41) is 3.65. The van der Waals surface area contributed by atoms with E-state index in [9.17, 15) is 0 Å². The molecular formula is C14H22N2. The van der Waals surface area contributed by atoms with Gasteiger partial charge in [-0.3, -0.25) is 4.98 Å². The van der Waals surface area contributed by atoms with Gasteiger partial charge in [0.05, 0.1) is 0 Å². The lowest BCUT2D eigenvalue weighted by Gasteiger charge is -2.35. The van der Waals surface area contributed by atoms with Crippen molar-refractivity contribution in [2.45, 2.75) is 52.5 Å². The van der Waals surface area contributed by atoms with Crippen LogP contribution >= 0.6 is 0 Å². The average Bonchev–Trinajstić information content (AvgIpc) is 2.24. The van der Waals surface area contributed by atoms with Crippen LogP contribution in [0.2, 0.25) is 0 Å². The molecule has 2 rings (SSSR count).